The topological polar surface area (TPSA) is 71.3 Å². The molecule has 1 amide bonds. The molecule has 7 heteroatoms. The number of halogens is 1. The first kappa shape index (κ1) is 20.5. The smallest absolute Gasteiger partial charge is 0.251 e. The second-order valence-corrected chi connectivity index (χ2v) is 6.78. The Morgan fingerprint density at radius 2 is 1.83 bits per heavy atom. The zero-order valence-corrected chi connectivity index (χ0v) is 16.9. The van der Waals surface area contributed by atoms with E-state index in [1.807, 2.05) is 24.3 Å². The zero-order valence-electron chi connectivity index (χ0n) is 16.9. The predicted octanol–water partition coefficient (Wildman–Crippen LogP) is 4.60. The summed E-state index contributed by atoms with van der Waals surface area (Å²) >= 11 is 0. The van der Waals surface area contributed by atoms with E-state index >= 15 is 0 Å². The fourth-order valence-electron chi connectivity index (χ4n) is 3.03. The van der Waals surface area contributed by atoms with Crippen LogP contribution in [0.15, 0.2) is 53.1 Å². The van der Waals surface area contributed by atoms with Gasteiger partial charge in [-0.3, -0.25) is 4.79 Å². The molecule has 3 aromatic rings. The first-order chi connectivity index (χ1) is 14.0. The molecule has 0 spiro atoms. The van der Waals surface area contributed by atoms with Crippen molar-refractivity contribution in [3.05, 3.63) is 65.8 Å². The molecule has 3 rings (SSSR count). The van der Waals surface area contributed by atoms with E-state index in [1.54, 1.807) is 19.1 Å². The molecule has 6 nitrogen and oxygen atoms in total. The molecule has 0 saturated heterocycles. The van der Waals surface area contributed by atoms with Gasteiger partial charge in [0, 0.05) is 29.9 Å². The summed E-state index contributed by atoms with van der Waals surface area (Å²) in [4.78, 5) is 19.1. The molecule has 1 aromatic heterocycles. The molecule has 0 fully saturated rings. The Kier molecular flexibility index (Phi) is 6.59. The number of aromatic nitrogens is 2. The fourth-order valence-corrected chi connectivity index (χ4v) is 3.03. The number of hydrogen-bond donors (Lipinski definition) is 1. The molecule has 29 heavy (non-hydrogen) atoms. The number of benzene rings is 2. The second-order valence-electron chi connectivity index (χ2n) is 6.78. The van der Waals surface area contributed by atoms with Crippen molar-refractivity contribution >= 4 is 11.6 Å². The van der Waals surface area contributed by atoms with Crippen LogP contribution in [0.3, 0.4) is 0 Å². The van der Waals surface area contributed by atoms with E-state index in [2.05, 4.69) is 34.2 Å². The van der Waals surface area contributed by atoms with E-state index in [0.717, 1.165) is 25.2 Å². The largest absolute Gasteiger partial charge is 0.372 e. The van der Waals surface area contributed by atoms with Crippen molar-refractivity contribution in [1.82, 2.24) is 15.5 Å². The molecule has 0 aliphatic carbocycles. The average Bonchev–Trinajstić information content (AvgIpc) is 3.23. The molecule has 1 atom stereocenters. The van der Waals surface area contributed by atoms with Crippen molar-refractivity contribution in [3.63, 3.8) is 0 Å². The SMILES string of the molecule is CCCN(CC)c1ccc(C(=O)NC(C)c2nc(-c3ccc(F)cc3)no2)cc1. The van der Waals surface area contributed by atoms with Gasteiger partial charge in [0.25, 0.3) is 5.91 Å². The number of carbonyl (C=O) groups is 1. The molecule has 0 aliphatic rings. The van der Waals surface area contributed by atoms with Gasteiger partial charge in [-0.25, -0.2) is 4.39 Å². The number of amides is 1. The summed E-state index contributed by atoms with van der Waals surface area (Å²) < 4.78 is 18.3. The lowest BCUT2D eigenvalue weighted by Gasteiger charge is -2.22. The van der Waals surface area contributed by atoms with Crippen LogP contribution in [0, 0.1) is 5.82 Å². The lowest BCUT2D eigenvalue weighted by Crippen LogP contribution is -2.27. The maximum Gasteiger partial charge on any atom is 0.251 e. The van der Waals surface area contributed by atoms with Gasteiger partial charge in [0.2, 0.25) is 11.7 Å². The molecule has 2 aromatic carbocycles. The highest BCUT2D eigenvalue weighted by Crippen LogP contribution is 2.20. The summed E-state index contributed by atoms with van der Waals surface area (Å²) in [5, 5.41) is 6.78. The summed E-state index contributed by atoms with van der Waals surface area (Å²) in [7, 11) is 0. The van der Waals surface area contributed by atoms with Crippen LogP contribution in [-0.2, 0) is 0 Å². The van der Waals surface area contributed by atoms with Crippen LogP contribution < -0.4 is 10.2 Å². The molecule has 0 saturated carbocycles. The van der Waals surface area contributed by atoms with Crippen molar-refractivity contribution in [2.24, 2.45) is 0 Å². The lowest BCUT2D eigenvalue weighted by atomic mass is 10.1. The van der Waals surface area contributed by atoms with Gasteiger partial charge in [0.05, 0.1) is 0 Å². The van der Waals surface area contributed by atoms with E-state index < -0.39 is 6.04 Å². The highest BCUT2D eigenvalue weighted by atomic mass is 19.1. The highest BCUT2D eigenvalue weighted by molar-refractivity contribution is 5.94. The predicted molar refractivity (Wildman–Crippen MR) is 110 cm³/mol. The molecule has 1 N–H and O–H groups in total. The van der Waals surface area contributed by atoms with Gasteiger partial charge >= 0.3 is 0 Å². The summed E-state index contributed by atoms with van der Waals surface area (Å²) in [6.45, 7) is 7.93. The Morgan fingerprint density at radius 3 is 2.45 bits per heavy atom. The number of anilines is 1. The van der Waals surface area contributed by atoms with Crippen LogP contribution >= 0.6 is 0 Å². The van der Waals surface area contributed by atoms with Crippen LogP contribution in [0.25, 0.3) is 11.4 Å². The van der Waals surface area contributed by atoms with Crippen molar-refractivity contribution in [1.29, 1.82) is 0 Å². The monoisotopic (exact) mass is 396 g/mol. The molecule has 0 radical (unpaired) electrons. The van der Waals surface area contributed by atoms with Gasteiger partial charge in [-0.05, 0) is 68.8 Å². The van der Waals surface area contributed by atoms with Gasteiger partial charge in [0.1, 0.15) is 11.9 Å². The minimum atomic E-state index is -0.462. The molecule has 0 bridgehead atoms. The Morgan fingerprint density at radius 1 is 1.14 bits per heavy atom. The normalized spacial score (nSPS) is 11.9. The quantitative estimate of drug-likeness (QED) is 0.602. The van der Waals surface area contributed by atoms with Crippen LogP contribution in [0.2, 0.25) is 0 Å². The third-order valence-corrected chi connectivity index (χ3v) is 4.63. The van der Waals surface area contributed by atoms with Gasteiger partial charge in [0.15, 0.2) is 0 Å². The lowest BCUT2D eigenvalue weighted by molar-refractivity contribution is 0.0932. The Balaban J connectivity index is 1.65. The first-order valence-electron chi connectivity index (χ1n) is 9.77. The Hall–Kier alpha value is -3.22. The third-order valence-electron chi connectivity index (χ3n) is 4.63. The van der Waals surface area contributed by atoms with Gasteiger partial charge in [-0.15, -0.1) is 0 Å². The highest BCUT2D eigenvalue weighted by Gasteiger charge is 2.18. The summed E-state index contributed by atoms with van der Waals surface area (Å²) in [5.74, 6) is 0.0837. The van der Waals surface area contributed by atoms with Gasteiger partial charge in [-0.1, -0.05) is 12.1 Å². The van der Waals surface area contributed by atoms with E-state index in [0.29, 0.717) is 17.0 Å². The minimum Gasteiger partial charge on any atom is -0.372 e. The Bertz CT molecular complexity index is 938. The second kappa shape index (κ2) is 9.32. The van der Waals surface area contributed by atoms with E-state index in [-0.39, 0.29) is 17.6 Å². The van der Waals surface area contributed by atoms with Crippen molar-refractivity contribution in [3.8, 4) is 11.4 Å². The maximum absolute atomic E-state index is 13.1. The van der Waals surface area contributed by atoms with Crippen LogP contribution in [0.4, 0.5) is 10.1 Å². The van der Waals surface area contributed by atoms with Gasteiger partial charge in [-0.2, -0.15) is 4.98 Å². The first-order valence-corrected chi connectivity index (χ1v) is 9.77. The number of nitrogens with one attached hydrogen (secondary N) is 1. The van der Waals surface area contributed by atoms with Crippen LogP contribution in [0.5, 0.6) is 0 Å². The maximum atomic E-state index is 13.1. The van der Waals surface area contributed by atoms with Gasteiger partial charge < -0.3 is 14.7 Å². The molecular formula is C22H25FN4O2. The van der Waals surface area contributed by atoms with Crippen molar-refractivity contribution in [2.75, 3.05) is 18.0 Å². The molecule has 1 heterocycles. The van der Waals surface area contributed by atoms with Crippen molar-refractivity contribution in [2.45, 2.75) is 33.2 Å². The molecule has 1 unspecified atom stereocenters. The number of rotatable bonds is 8. The fraction of sp³-hybridized carbons (Fsp3) is 0.318. The van der Waals surface area contributed by atoms with E-state index in [4.69, 9.17) is 4.52 Å². The van der Waals surface area contributed by atoms with Crippen LogP contribution in [-0.4, -0.2) is 29.1 Å². The molecule has 0 aliphatic heterocycles. The third kappa shape index (κ3) is 4.99. The summed E-state index contributed by atoms with van der Waals surface area (Å²) in [6.07, 6.45) is 1.07. The van der Waals surface area contributed by atoms with Crippen molar-refractivity contribution < 1.29 is 13.7 Å². The molecular weight excluding hydrogens is 371 g/mol. The van der Waals surface area contributed by atoms with E-state index in [9.17, 15) is 9.18 Å². The standard InChI is InChI=1S/C22H25FN4O2/c1-4-14-27(5-2)19-12-8-17(9-13-19)21(28)24-15(3)22-25-20(26-29-22)16-6-10-18(23)11-7-16/h6-13,15H,4-5,14H2,1-3H3,(H,24,28). The summed E-state index contributed by atoms with van der Waals surface area (Å²) in [6, 6.07) is 12.9. The zero-order chi connectivity index (χ0) is 20.8. The number of hydrogen-bond acceptors (Lipinski definition) is 5. The summed E-state index contributed by atoms with van der Waals surface area (Å²) in [5.41, 5.74) is 2.30. The Labute approximate surface area is 169 Å². The van der Waals surface area contributed by atoms with Crippen LogP contribution in [0.1, 0.15) is 49.5 Å². The van der Waals surface area contributed by atoms with E-state index in [1.165, 1.54) is 12.1 Å². The minimum absolute atomic E-state index is 0.218. The number of nitrogens with zero attached hydrogens (tertiary/aromatic N) is 3. The average molecular weight is 396 g/mol. The molecule has 152 valence electrons. The number of carbonyl (C=O) groups excluding carboxylic acids is 1.